The second-order valence-electron chi connectivity index (χ2n) is 3.30. The van der Waals surface area contributed by atoms with Gasteiger partial charge in [-0.3, -0.25) is 0 Å². The fourth-order valence-corrected chi connectivity index (χ4v) is 1.68. The van der Waals surface area contributed by atoms with Crippen LogP contribution >= 0.6 is 11.8 Å². The number of aliphatic hydroxyl groups excluding tert-OH is 1. The lowest BCUT2D eigenvalue weighted by molar-refractivity contribution is 0.0593. The summed E-state index contributed by atoms with van der Waals surface area (Å²) in [5, 5.41) is 10.0. The molecule has 2 atom stereocenters. The Kier molecular flexibility index (Phi) is 4.70. The van der Waals surface area contributed by atoms with Crippen molar-refractivity contribution in [2.45, 2.75) is 30.2 Å². The van der Waals surface area contributed by atoms with E-state index in [-0.39, 0.29) is 10.9 Å². The van der Waals surface area contributed by atoms with Crippen molar-refractivity contribution in [3.63, 3.8) is 0 Å². The Balaban J connectivity index is 2.68. The lowest BCUT2D eigenvalue weighted by Gasteiger charge is -2.12. The maximum atomic E-state index is 11.1. The molecule has 0 saturated heterocycles. The van der Waals surface area contributed by atoms with Crippen LogP contribution in [-0.4, -0.2) is 39.5 Å². The van der Waals surface area contributed by atoms with E-state index in [9.17, 15) is 9.90 Å². The molecule has 1 aromatic rings. The van der Waals surface area contributed by atoms with E-state index in [4.69, 9.17) is 0 Å². The molecule has 0 aromatic carbocycles. The smallest absolute Gasteiger partial charge is 0.358 e. The van der Waals surface area contributed by atoms with Gasteiger partial charge >= 0.3 is 5.97 Å². The van der Waals surface area contributed by atoms with E-state index >= 15 is 0 Å². The Labute approximate surface area is 98.3 Å². The number of rotatable bonds is 4. The van der Waals surface area contributed by atoms with Crippen LogP contribution in [0.25, 0.3) is 0 Å². The summed E-state index contributed by atoms with van der Waals surface area (Å²) in [4.78, 5) is 19.1. The highest BCUT2D eigenvalue weighted by Crippen LogP contribution is 2.22. The summed E-state index contributed by atoms with van der Waals surface area (Å²) >= 11 is 1.40. The lowest BCUT2D eigenvalue weighted by Crippen LogP contribution is -2.15. The second-order valence-corrected chi connectivity index (χ2v) is 4.69. The number of hydrogen-bond acceptors (Lipinski definition) is 6. The number of aromatic nitrogens is 2. The predicted octanol–water partition coefficient (Wildman–Crippen LogP) is 1.12. The van der Waals surface area contributed by atoms with Gasteiger partial charge in [0, 0.05) is 5.25 Å². The number of carbonyl (C=O) groups is 1. The van der Waals surface area contributed by atoms with Crippen molar-refractivity contribution >= 4 is 17.7 Å². The molecule has 1 N–H and O–H groups in total. The Morgan fingerprint density at radius 3 is 2.56 bits per heavy atom. The number of carbonyl (C=O) groups excluding carboxylic acids is 1. The van der Waals surface area contributed by atoms with Crippen molar-refractivity contribution in [2.75, 3.05) is 7.11 Å². The average molecular weight is 242 g/mol. The molecule has 1 aromatic heterocycles. The van der Waals surface area contributed by atoms with Crippen LogP contribution in [-0.2, 0) is 4.74 Å². The van der Waals surface area contributed by atoms with E-state index in [2.05, 4.69) is 14.7 Å². The largest absolute Gasteiger partial charge is 0.464 e. The molecule has 0 aliphatic carbocycles. The summed E-state index contributed by atoms with van der Waals surface area (Å²) in [7, 11) is 1.29. The van der Waals surface area contributed by atoms with E-state index in [0.717, 1.165) is 0 Å². The van der Waals surface area contributed by atoms with E-state index in [1.165, 1.54) is 31.3 Å². The van der Waals surface area contributed by atoms with Gasteiger partial charge in [0.2, 0.25) is 0 Å². The molecule has 88 valence electrons. The first-order valence-electron chi connectivity index (χ1n) is 4.79. The van der Waals surface area contributed by atoms with Crippen LogP contribution in [0.1, 0.15) is 24.3 Å². The predicted molar refractivity (Wildman–Crippen MR) is 60.4 cm³/mol. The van der Waals surface area contributed by atoms with Gasteiger partial charge in [0.05, 0.1) is 25.6 Å². The average Bonchev–Trinajstić information content (AvgIpc) is 2.28. The molecule has 6 heteroatoms. The fourth-order valence-electron chi connectivity index (χ4n) is 0.876. The number of nitrogens with zero attached hydrogens (tertiary/aromatic N) is 2. The third kappa shape index (κ3) is 3.46. The molecule has 1 heterocycles. The minimum atomic E-state index is -0.507. The number of esters is 1. The second kappa shape index (κ2) is 5.81. The molecule has 0 saturated carbocycles. The molecule has 0 fully saturated rings. The standard InChI is InChI=1S/C10H14N2O3S/c1-6(13)7(2)16-9-5-11-8(4-12-9)10(14)15-3/h4-7,13H,1-3H3. The van der Waals surface area contributed by atoms with Gasteiger partial charge in [-0.25, -0.2) is 14.8 Å². The zero-order valence-corrected chi connectivity index (χ0v) is 10.2. The molecule has 0 spiro atoms. The molecule has 16 heavy (non-hydrogen) atoms. The number of thioether (sulfide) groups is 1. The van der Waals surface area contributed by atoms with Gasteiger partial charge < -0.3 is 9.84 Å². The molecule has 1 rings (SSSR count). The van der Waals surface area contributed by atoms with E-state index in [1.54, 1.807) is 6.92 Å². The minimum absolute atomic E-state index is 0.0262. The summed E-state index contributed by atoms with van der Waals surface area (Å²) in [5.74, 6) is -0.507. The van der Waals surface area contributed by atoms with Crippen LogP contribution < -0.4 is 0 Å². The lowest BCUT2D eigenvalue weighted by atomic mass is 10.3. The third-order valence-corrected chi connectivity index (χ3v) is 3.23. The van der Waals surface area contributed by atoms with Crippen molar-refractivity contribution in [3.8, 4) is 0 Å². The van der Waals surface area contributed by atoms with Gasteiger partial charge in [-0.1, -0.05) is 18.7 Å². The molecule has 2 unspecified atom stereocenters. The normalized spacial score (nSPS) is 14.2. The summed E-state index contributed by atoms with van der Waals surface area (Å²) in [6.07, 6.45) is 2.44. The first-order chi connectivity index (χ1) is 7.54. The van der Waals surface area contributed by atoms with E-state index < -0.39 is 12.1 Å². The van der Waals surface area contributed by atoms with E-state index in [0.29, 0.717) is 5.03 Å². The highest BCUT2D eigenvalue weighted by atomic mass is 32.2. The van der Waals surface area contributed by atoms with Crippen LogP contribution in [0.2, 0.25) is 0 Å². The molecule has 0 aliphatic heterocycles. The Morgan fingerprint density at radius 2 is 2.12 bits per heavy atom. The van der Waals surface area contributed by atoms with Crippen LogP contribution in [0.5, 0.6) is 0 Å². The number of methoxy groups -OCH3 is 1. The van der Waals surface area contributed by atoms with Gasteiger partial charge in [0.1, 0.15) is 5.03 Å². The molecule has 5 nitrogen and oxygen atoms in total. The minimum Gasteiger partial charge on any atom is -0.464 e. The summed E-state index contributed by atoms with van der Waals surface area (Å²) < 4.78 is 4.51. The zero-order valence-electron chi connectivity index (χ0n) is 9.38. The van der Waals surface area contributed by atoms with Crippen LogP contribution in [0, 0.1) is 0 Å². The molecule has 0 bridgehead atoms. The highest BCUT2D eigenvalue weighted by molar-refractivity contribution is 7.99. The number of hydrogen-bond donors (Lipinski definition) is 1. The van der Waals surface area contributed by atoms with Crippen LogP contribution in [0.4, 0.5) is 0 Å². The van der Waals surface area contributed by atoms with Gasteiger partial charge in [0.25, 0.3) is 0 Å². The van der Waals surface area contributed by atoms with Gasteiger partial charge in [-0.2, -0.15) is 0 Å². The Hall–Kier alpha value is -1.14. The van der Waals surface area contributed by atoms with Gasteiger partial charge in [-0.15, -0.1) is 0 Å². The molecular formula is C10H14N2O3S. The quantitative estimate of drug-likeness (QED) is 0.630. The monoisotopic (exact) mass is 242 g/mol. The van der Waals surface area contributed by atoms with Crippen molar-refractivity contribution in [3.05, 3.63) is 18.1 Å². The fraction of sp³-hybridized carbons (Fsp3) is 0.500. The summed E-state index contributed by atoms with van der Waals surface area (Å²) in [6, 6.07) is 0. The molecule has 0 amide bonds. The third-order valence-electron chi connectivity index (χ3n) is 2.01. The highest BCUT2D eigenvalue weighted by Gasteiger charge is 2.12. The maximum absolute atomic E-state index is 11.1. The first kappa shape index (κ1) is 12.9. The Bertz CT molecular complexity index is 354. The molecular weight excluding hydrogens is 228 g/mol. The summed E-state index contributed by atoms with van der Waals surface area (Å²) in [5.41, 5.74) is 0.177. The molecule has 0 radical (unpaired) electrons. The van der Waals surface area contributed by atoms with Crippen molar-refractivity contribution < 1.29 is 14.6 Å². The van der Waals surface area contributed by atoms with Crippen molar-refractivity contribution in [1.82, 2.24) is 9.97 Å². The SMILES string of the molecule is COC(=O)c1cnc(SC(C)C(C)O)cn1. The number of ether oxygens (including phenoxy) is 1. The topological polar surface area (TPSA) is 72.3 Å². The van der Waals surface area contributed by atoms with Gasteiger partial charge in [-0.05, 0) is 6.92 Å². The first-order valence-corrected chi connectivity index (χ1v) is 5.67. The van der Waals surface area contributed by atoms with Crippen LogP contribution in [0.15, 0.2) is 17.4 Å². The number of aliphatic hydroxyl groups is 1. The van der Waals surface area contributed by atoms with Gasteiger partial charge in [0.15, 0.2) is 5.69 Å². The summed E-state index contributed by atoms with van der Waals surface area (Å²) in [6.45, 7) is 3.61. The maximum Gasteiger partial charge on any atom is 0.358 e. The Morgan fingerprint density at radius 1 is 1.44 bits per heavy atom. The van der Waals surface area contributed by atoms with E-state index in [1.807, 2.05) is 6.92 Å². The van der Waals surface area contributed by atoms with Crippen molar-refractivity contribution in [1.29, 1.82) is 0 Å². The zero-order chi connectivity index (χ0) is 12.1. The molecule has 0 aliphatic rings. The van der Waals surface area contributed by atoms with Crippen molar-refractivity contribution in [2.24, 2.45) is 0 Å². The van der Waals surface area contributed by atoms with Crippen LogP contribution in [0.3, 0.4) is 0 Å².